The molecular weight excluding hydrogens is 262 g/mol. The highest BCUT2D eigenvalue weighted by molar-refractivity contribution is 6.53. The molecule has 20 heavy (non-hydrogen) atoms. The summed E-state index contributed by atoms with van der Waals surface area (Å²) in [4.78, 5) is 46.9. The standard InChI is InChI=1S/C13H7N3O4/c1-6(17)13(20)16-10-9(14-15-16)7-4-2-3-5-8(7)11(18)12(10)19/h2-5H,1H3. The Morgan fingerprint density at radius 2 is 1.70 bits per heavy atom. The van der Waals surface area contributed by atoms with E-state index in [1.165, 1.54) is 6.07 Å². The number of hydrogen-bond acceptors (Lipinski definition) is 6. The highest BCUT2D eigenvalue weighted by atomic mass is 16.2. The number of nitrogens with zero attached hydrogens (tertiary/aromatic N) is 3. The van der Waals surface area contributed by atoms with Crippen LogP contribution in [0.3, 0.4) is 0 Å². The Kier molecular flexibility index (Phi) is 2.43. The number of benzene rings is 1. The van der Waals surface area contributed by atoms with Gasteiger partial charge in [-0.2, -0.15) is 4.68 Å². The minimum atomic E-state index is -1.00. The molecule has 7 nitrogen and oxygen atoms in total. The van der Waals surface area contributed by atoms with E-state index in [4.69, 9.17) is 0 Å². The molecule has 1 aromatic heterocycles. The summed E-state index contributed by atoms with van der Waals surface area (Å²) >= 11 is 0. The van der Waals surface area contributed by atoms with Crippen LogP contribution in [0, 0.1) is 0 Å². The van der Waals surface area contributed by atoms with Crippen molar-refractivity contribution in [2.24, 2.45) is 0 Å². The third-order valence-electron chi connectivity index (χ3n) is 3.01. The molecule has 0 spiro atoms. The van der Waals surface area contributed by atoms with E-state index in [2.05, 4.69) is 10.3 Å². The number of carbonyl (C=O) groups is 4. The van der Waals surface area contributed by atoms with Gasteiger partial charge < -0.3 is 0 Å². The van der Waals surface area contributed by atoms with E-state index in [1.807, 2.05) is 0 Å². The summed E-state index contributed by atoms with van der Waals surface area (Å²) in [5.41, 5.74) is 0.524. The summed E-state index contributed by atoms with van der Waals surface area (Å²) in [5, 5.41) is 7.28. The number of Topliss-reactive ketones (excluding diaryl/α,β-unsaturated/α-hetero) is 3. The van der Waals surface area contributed by atoms with Gasteiger partial charge in [0.1, 0.15) is 5.69 Å². The molecule has 0 N–H and O–H groups in total. The first-order valence-corrected chi connectivity index (χ1v) is 5.71. The van der Waals surface area contributed by atoms with E-state index >= 15 is 0 Å². The van der Waals surface area contributed by atoms with E-state index in [-0.39, 0.29) is 17.0 Å². The molecule has 0 atom stereocenters. The Hall–Kier alpha value is -2.96. The molecule has 0 saturated heterocycles. The maximum atomic E-state index is 12.1. The van der Waals surface area contributed by atoms with Crippen molar-refractivity contribution in [2.75, 3.05) is 0 Å². The number of hydrogen-bond donors (Lipinski definition) is 0. The molecule has 2 aromatic rings. The Bertz CT molecular complexity index is 804. The van der Waals surface area contributed by atoms with Gasteiger partial charge in [0.15, 0.2) is 5.69 Å². The molecule has 0 amide bonds. The number of fused-ring (bicyclic) bond motifs is 3. The van der Waals surface area contributed by atoms with Crippen LogP contribution in [0.2, 0.25) is 0 Å². The lowest BCUT2D eigenvalue weighted by molar-refractivity contribution is -0.113. The maximum absolute atomic E-state index is 12.1. The largest absolute Gasteiger partial charge is 0.316 e. The highest BCUT2D eigenvalue weighted by Crippen LogP contribution is 2.31. The number of ketones is 3. The molecule has 7 heteroatoms. The molecule has 0 unspecified atom stereocenters. The minimum Gasteiger partial charge on any atom is -0.289 e. The van der Waals surface area contributed by atoms with Crippen molar-refractivity contribution in [1.29, 1.82) is 0 Å². The lowest BCUT2D eigenvalue weighted by atomic mass is 9.90. The molecule has 0 aliphatic heterocycles. The molecule has 0 saturated carbocycles. The van der Waals surface area contributed by atoms with Crippen molar-refractivity contribution >= 4 is 23.3 Å². The van der Waals surface area contributed by atoms with Gasteiger partial charge in [0.25, 0.3) is 5.78 Å². The number of carbonyl (C=O) groups excluding carboxylic acids is 4. The van der Waals surface area contributed by atoms with Crippen LogP contribution in [-0.2, 0) is 4.79 Å². The van der Waals surface area contributed by atoms with Gasteiger partial charge in [0.05, 0.1) is 0 Å². The van der Waals surface area contributed by atoms with Crippen LogP contribution < -0.4 is 0 Å². The zero-order valence-electron chi connectivity index (χ0n) is 10.3. The molecule has 1 heterocycles. The van der Waals surface area contributed by atoms with Gasteiger partial charge in [-0.1, -0.05) is 29.5 Å². The first-order chi connectivity index (χ1) is 9.52. The SMILES string of the molecule is CC(=O)C(=O)n1nnc2c1C(=O)C(=O)c1ccccc1-2. The van der Waals surface area contributed by atoms with Crippen LogP contribution in [0.5, 0.6) is 0 Å². The minimum absolute atomic E-state index is 0.139. The molecule has 0 radical (unpaired) electrons. The number of aromatic nitrogens is 3. The van der Waals surface area contributed by atoms with Crippen molar-refractivity contribution in [3.63, 3.8) is 0 Å². The second-order valence-electron chi connectivity index (χ2n) is 4.26. The van der Waals surface area contributed by atoms with Gasteiger partial charge in [0.2, 0.25) is 11.6 Å². The van der Waals surface area contributed by atoms with E-state index in [0.717, 1.165) is 6.92 Å². The summed E-state index contributed by atoms with van der Waals surface area (Å²) in [6.07, 6.45) is 0. The van der Waals surface area contributed by atoms with Crippen LogP contribution in [0.4, 0.5) is 0 Å². The molecule has 0 fully saturated rings. The average Bonchev–Trinajstić information content (AvgIpc) is 2.88. The van der Waals surface area contributed by atoms with Crippen LogP contribution in [0.1, 0.15) is 32.6 Å². The van der Waals surface area contributed by atoms with Crippen molar-refractivity contribution in [3.8, 4) is 11.3 Å². The van der Waals surface area contributed by atoms with Gasteiger partial charge >= 0.3 is 5.91 Å². The predicted octanol–water partition coefficient (Wildman–Crippen LogP) is 0.553. The summed E-state index contributed by atoms with van der Waals surface area (Å²) in [6.45, 7) is 1.06. The first-order valence-electron chi connectivity index (χ1n) is 5.71. The summed E-state index contributed by atoms with van der Waals surface area (Å²) in [7, 11) is 0. The van der Waals surface area contributed by atoms with Crippen LogP contribution >= 0.6 is 0 Å². The molecule has 1 aromatic carbocycles. The monoisotopic (exact) mass is 269 g/mol. The molecule has 3 rings (SSSR count). The van der Waals surface area contributed by atoms with E-state index < -0.39 is 23.3 Å². The third kappa shape index (κ3) is 1.46. The number of rotatable bonds is 1. The molecule has 0 bridgehead atoms. The van der Waals surface area contributed by atoms with Crippen LogP contribution in [-0.4, -0.2) is 38.3 Å². The smallest absolute Gasteiger partial charge is 0.289 e. The van der Waals surface area contributed by atoms with Gasteiger partial charge in [-0.3, -0.25) is 19.2 Å². The first kappa shape index (κ1) is 12.1. The molecule has 1 aliphatic rings. The summed E-state index contributed by atoms with van der Waals surface area (Å²) in [6, 6.07) is 6.41. The normalized spacial score (nSPS) is 12.8. The maximum Gasteiger partial charge on any atom is 0.316 e. The zero-order chi connectivity index (χ0) is 14.4. The third-order valence-corrected chi connectivity index (χ3v) is 3.01. The van der Waals surface area contributed by atoms with Crippen molar-refractivity contribution in [2.45, 2.75) is 6.92 Å². The fourth-order valence-electron chi connectivity index (χ4n) is 2.08. The summed E-state index contributed by atoms with van der Waals surface area (Å²) in [5.74, 6) is -3.43. The van der Waals surface area contributed by atoms with Crippen LogP contribution in [0.25, 0.3) is 11.3 Å². The van der Waals surface area contributed by atoms with Crippen molar-refractivity contribution in [1.82, 2.24) is 15.0 Å². The Balaban J connectivity index is 2.31. The molecular formula is C13H7N3O4. The lowest BCUT2D eigenvalue weighted by Crippen LogP contribution is -2.29. The summed E-state index contributed by atoms with van der Waals surface area (Å²) < 4.78 is 0.591. The average molecular weight is 269 g/mol. The van der Waals surface area contributed by atoms with Crippen molar-refractivity contribution < 1.29 is 19.2 Å². The van der Waals surface area contributed by atoms with Gasteiger partial charge in [-0.25, -0.2) is 0 Å². The Morgan fingerprint density at radius 1 is 1.05 bits per heavy atom. The van der Waals surface area contributed by atoms with Crippen molar-refractivity contribution in [3.05, 3.63) is 35.5 Å². The zero-order valence-corrected chi connectivity index (χ0v) is 10.3. The second-order valence-corrected chi connectivity index (χ2v) is 4.26. The van der Waals surface area contributed by atoms with Crippen LogP contribution in [0.15, 0.2) is 24.3 Å². The fourth-order valence-corrected chi connectivity index (χ4v) is 2.08. The predicted molar refractivity (Wildman–Crippen MR) is 65.4 cm³/mol. The Labute approximate surface area is 112 Å². The second kappa shape index (κ2) is 4.02. The van der Waals surface area contributed by atoms with E-state index in [1.54, 1.807) is 18.2 Å². The topological polar surface area (TPSA) is 99.0 Å². The van der Waals surface area contributed by atoms with Gasteiger partial charge in [-0.05, 0) is 0 Å². The lowest BCUT2D eigenvalue weighted by Gasteiger charge is -2.12. The van der Waals surface area contributed by atoms with E-state index in [0.29, 0.717) is 10.2 Å². The van der Waals surface area contributed by atoms with E-state index in [9.17, 15) is 19.2 Å². The molecule has 98 valence electrons. The fraction of sp³-hybridized carbons (Fsp3) is 0.0769. The van der Waals surface area contributed by atoms with Gasteiger partial charge in [0, 0.05) is 18.1 Å². The highest BCUT2D eigenvalue weighted by Gasteiger charge is 2.37. The van der Waals surface area contributed by atoms with Gasteiger partial charge in [-0.15, -0.1) is 5.10 Å². The Morgan fingerprint density at radius 3 is 2.35 bits per heavy atom. The molecule has 1 aliphatic carbocycles. The quantitative estimate of drug-likeness (QED) is 0.701.